The van der Waals surface area contributed by atoms with Crippen LogP contribution in [0.2, 0.25) is 0 Å². The highest BCUT2D eigenvalue weighted by atomic mass is 15.2. The molecule has 98 heavy (non-hydrogen) atoms. The van der Waals surface area contributed by atoms with Crippen molar-refractivity contribution in [2.24, 2.45) is 0 Å². The number of hydrogen-bond donors (Lipinski definition) is 0. The lowest BCUT2D eigenvalue weighted by molar-refractivity contribution is 0.753. The second-order valence-electron chi connectivity index (χ2n) is 26.7. The summed E-state index contributed by atoms with van der Waals surface area (Å²) in [7, 11) is 0. The van der Waals surface area contributed by atoms with Crippen molar-refractivity contribution in [1.29, 1.82) is 0 Å². The van der Waals surface area contributed by atoms with Crippen molar-refractivity contribution in [2.45, 2.75) is 10.8 Å². The van der Waals surface area contributed by atoms with E-state index in [1.807, 2.05) is 0 Å². The summed E-state index contributed by atoms with van der Waals surface area (Å²) in [6.45, 7) is 0. The Morgan fingerprint density at radius 1 is 0.163 bits per heavy atom. The topological polar surface area (TPSA) is 6.48 Å². The first-order valence-corrected chi connectivity index (χ1v) is 34.2. The Balaban J connectivity index is 0.877. The van der Waals surface area contributed by atoms with Gasteiger partial charge >= 0.3 is 0 Å². The fraction of sp³-hybridized carbons (Fsp3) is 0.0208. The minimum atomic E-state index is -0.630. The summed E-state index contributed by atoms with van der Waals surface area (Å²) < 4.78 is 0. The quantitative estimate of drug-likeness (QED) is 0.153. The van der Waals surface area contributed by atoms with Crippen LogP contribution in [0.3, 0.4) is 0 Å². The zero-order valence-electron chi connectivity index (χ0n) is 53.5. The Morgan fingerprint density at radius 2 is 0.429 bits per heavy atom. The fourth-order valence-corrected chi connectivity index (χ4v) is 18.7. The lowest BCUT2D eigenvalue weighted by atomic mass is 9.64. The van der Waals surface area contributed by atoms with Gasteiger partial charge in [0.1, 0.15) is 0 Å². The van der Waals surface area contributed by atoms with Gasteiger partial charge in [-0.1, -0.05) is 309 Å². The predicted molar refractivity (Wildman–Crippen MR) is 409 cm³/mol. The van der Waals surface area contributed by atoms with E-state index in [0.717, 1.165) is 11.4 Å². The zero-order valence-corrected chi connectivity index (χ0v) is 53.5. The molecule has 0 bridgehead atoms. The number of benzene rings is 17. The average Bonchev–Trinajstić information content (AvgIpc) is 1.48. The van der Waals surface area contributed by atoms with E-state index < -0.39 is 10.8 Å². The van der Waals surface area contributed by atoms with Crippen LogP contribution in [-0.2, 0) is 10.8 Å². The number of hydrogen-bond acceptors (Lipinski definition) is 2. The molecule has 2 heteroatoms. The largest absolute Gasteiger partial charge is 0.310 e. The van der Waals surface area contributed by atoms with Gasteiger partial charge < -0.3 is 9.80 Å². The third kappa shape index (κ3) is 7.25. The van der Waals surface area contributed by atoms with E-state index >= 15 is 0 Å². The molecule has 17 aromatic rings. The first-order chi connectivity index (χ1) is 48.7. The normalized spacial score (nSPS) is 13.8. The van der Waals surface area contributed by atoms with Gasteiger partial charge in [0.25, 0.3) is 0 Å². The SMILES string of the molecule is c1ccc(-c2c3ccccc3c(-c3c4cccc(-c5cccc6c5-c5ccccc5C65c6ccccc6N(c6ccccc6)c6ccccc65)c4cc4c(-c5cccc6c5-c5ccccc5C65c6ccccc6N(c6ccccc6)c6ccccc65)cccc34)c3ccccc23)cc1. The number of rotatable bonds is 6. The maximum atomic E-state index is 2.58. The van der Waals surface area contributed by atoms with Gasteiger partial charge in [-0.3, -0.25) is 0 Å². The Kier molecular flexibility index (Phi) is 11.7. The van der Waals surface area contributed by atoms with Gasteiger partial charge in [0.15, 0.2) is 0 Å². The summed E-state index contributed by atoms with van der Waals surface area (Å²) in [6.07, 6.45) is 0. The van der Waals surface area contributed by atoms with Crippen LogP contribution < -0.4 is 9.80 Å². The van der Waals surface area contributed by atoms with Crippen LogP contribution >= 0.6 is 0 Å². The minimum Gasteiger partial charge on any atom is -0.310 e. The maximum absolute atomic E-state index is 2.58. The summed E-state index contributed by atoms with van der Waals surface area (Å²) in [5.41, 5.74) is 30.8. The number of fused-ring (bicyclic) bond motifs is 22. The van der Waals surface area contributed by atoms with Gasteiger partial charge in [0.2, 0.25) is 0 Å². The standard InChI is InChI=1S/C96H60N2/c1-4-30-61(31-5-1)90-68-36-10-12-38-70(68)93(71-39-13-11-37-69(71)90)94-72-44-26-42-64(66-46-28-54-84-91(66)74-40-14-16-48-78(74)95(84)80-50-18-22-56-86(80)97(62-32-6-2-7-33-62)87-57-23-19-51-81(87)95)76(72)60-77-65(43-27-45-73(77)94)67-47-29-55-85-92(67)75-41-15-17-49-79(75)96(85)82-52-20-24-58-88(82)98(63-34-8-3-9-35-63)89-59-25-21-53-83(89)96/h1-60H. The Labute approximate surface area is 569 Å². The molecular weight excluding hydrogens is 1180 g/mol. The molecule has 2 heterocycles. The van der Waals surface area contributed by atoms with E-state index in [2.05, 4.69) is 374 Å². The lowest BCUT2D eigenvalue weighted by Gasteiger charge is -2.45. The van der Waals surface area contributed by atoms with Crippen LogP contribution in [0.1, 0.15) is 44.5 Å². The number of para-hydroxylation sites is 6. The molecule has 0 amide bonds. The van der Waals surface area contributed by atoms with Gasteiger partial charge in [-0.25, -0.2) is 0 Å². The molecule has 0 aromatic heterocycles. The van der Waals surface area contributed by atoms with E-state index in [0.29, 0.717) is 0 Å². The fourth-order valence-electron chi connectivity index (χ4n) is 18.7. The van der Waals surface area contributed by atoms with Crippen molar-refractivity contribution in [3.63, 3.8) is 0 Å². The lowest BCUT2D eigenvalue weighted by Crippen LogP contribution is -2.36. The van der Waals surface area contributed by atoms with Crippen molar-refractivity contribution >= 4 is 77.2 Å². The zero-order chi connectivity index (χ0) is 64.2. The summed E-state index contributed by atoms with van der Waals surface area (Å²) in [4.78, 5) is 4.95. The third-order valence-corrected chi connectivity index (χ3v) is 22.2. The summed E-state index contributed by atoms with van der Waals surface area (Å²) >= 11 is 0. The van der Waals surface area contributed by atoms with Crippen molar-refractivity contribution in [3.05, 3.63) is 408 Å². The van der Waals surface area contributed by atoms with Gasteiger partial charge in [-0.2, -0.15) is 0 Å². The van der Waals surface area contributed by atoms with Crippen LogP contribution in [0.5, 0.6) is 0 Å². The molecule has 0 atom stereocenters. The van der Waals surface area contributed by atoms with Crippen LogP contribution in [0.25, 0.3) is 110 Å². The molecule has 0 saturated carbocycles. The summed E-state index contributed by atoms with van der Waals surface area (Å²) in [6, 6.07) is 138. The molecule has 454 valence electrons. The third-order valence-electron chi connectivity index (χ3n) is 22.2. The molecular formula is C96H60N2. The smallest absolute Gasteiger partial charge is 0.0754 e. The second kappa shape index (κ2) is 20.9. The van der Waals surface area contributed by atoms with E-state index in [9.17, 15) is 0 Å². The molecule has 0 fully saturated rings. The molecule has 0 radical (unpaired) electrons. The van der Waals surface area contributed by atoms with Crippen molar-refractivity contribution in [3.8, 4) is 66.8 Å². The number of anilines is 6. The molecule has 21 rings (SSSR count). The average molecular weight is 1240 g/mol. The van der Waals surface area contributed by atoms with Crippen molar-refractivity contribution in [2.75, 3.05) is 9.80 Å². The van der Waals surface area contributed by atoms with E-state index in [1.54, 1.807) is 0 Å². The number of nitrogens with zero attached hydrogens (tertiary/aromatic N) is 2. The summed E-state index contributed by atoms with van der Waals surface area (Å²) in [5, 5.41) is 9.73. The van der Waals surface area contributed by atoms with Crippen LogP contribution in [0.4, 0.5) is 34.1 Å². The van der Waals surface area contributed by atoms with Crippen LogP contribution in [0.15, 0.2) is 364 Å². The minimum absolute atomic E-state index is 0.630. The molecule has 4 aliphatic rings. The Hall–Kier alpha value is -12.6. The molecule has 2 spiro atoms. The first kappa shape index (κ1) is 54.7. The van der Waals surface area contributed by atoms with E-state index in [1.165, 1.54) is 177 Å². The highest BCUT2D eigenvalue weighted by molar-refractivity contribution is 6.29. The van der Waals surface area contributed by atoms with Crippen LogP contribution in [0, 0.1) is 0 Å². The first-order valence-electron chi connectivity index (χ1n) is 34.2. The van der Waals surface area contributed by atoms with E-state index in [-0.39, 0.29) is 0 Å². The Bertz CT molecular complexity index is 5750. The highest BCUT2D eigenvalue weighted by Crippen LogP contribution is 2.67. The highest BCUT2D eigenvalue weighted by Gasteiger charge is 2.54. The molecule has 2 nitrogen and oxygen atoms in total. The molecule has 0 unspecified atom stereocenters. The second-order valence-corrected chi connectivity index (χ2v) is 26.7. The predicted octanol–water partition coefficient (Wildman–Crippen LogP) is 25.3. The monoisotopic (exact) mass is 1240 g/mol. The molecule has 2 aliphatic carbocycles. The molecule has 2 aliphatic heterocycles. The molecule has 0 saturated heterocycles. The van der Waals surface area contributed by atoms with E-state index in [4.69, 9.17) is 0 Å². The Morgan fingerprint density at radius 3 is 0.827 bits per heavy atom. The summed E-state index contributed by atoms with van der Waals surface area (Å²) in [5.74, 6) is 0. The van der Waals surface area contributed by atoms with Gasteiger partial charge in [-0.15, -0.1) is 0 Å². The van der Waals surface area contributed by atoms with Crippen molar-refractivity contribution in [1.82, 2.24) is 0 Å². The van der Waals surface area contributed by atoms with Gasteiger partial charge in [-0.05, 0) is 209 Å². The van der Waals surface area contributed by atoms with Gasteiger partial charge in [0, 0.05) is 11.4 Å². The van der Waals surface area contributed by atoms with Crippen molar-refractivity contribution < 1.29 is 0 Å². The van der Waals surface area contributed by atoms with Crippen LogP contribution in [-0.4, -0.2) is 0 Å². The molecule has 17 aromatic carbocycles. The van der Waals surface area contributed by atoms with Gasteiger partial charge in [0.05, 0.1) is 33.6 Å². The maximum Gasteiger partial charge on any atom is 0.0754 e. The molecule has 0 N–H and O–H groups in total.